The van der Waals surface area contributed by atoms with Crippen LogP contribution < -0.4 is 0 Å². The van der Waals surface area contributed by atoms with Crippen LogP contribution in [0.5, 0.6) is 5.75 Å². The zero-order valence-corrected chi connectivity index (χ0v) is 9.51. The topological polar surface area (TPSA) is 54.4 Å². The standard InChI is InChI=1S/C13H16O3/c1-9(2)12(8-14)13(16)7-10-3-5-11(15)6-4-10/h3-6,8-9,12,15H,7H2,1-2H3. The molecule has 0 saturated heterocycles. The maximum atomic E-state index is 11.8. The molecule has 0 spiro atoms. The lowest BCUT2D eigenvalue weighted by Crippen LogP contribution is -2.23. The number of hydrogen-bond acceptors (Lipinski definition) is 3. The van der Waals surface area contributed by atoms with Gasteiger partial charge in [0, 0.05) is 6.42 Å². The lowest BCUT2D eigenvalue weighted by Gasteiger charge is -2.12. The van der Waals surface area contributed by atoms with E-state index >= 15 is 0 Å². The van der Waals surface area contributed by atoms with Crippen LogP contribution in [0.15, 0.2) is 24.3 Å². The van der Waals surface area contributed by atoms with Gasteiger partial charge in [-0.3, -0.25) is 4.79 Å². The van der Waals surface area contributed by atoms with Gasteiger partial charge in [-0.25, -0.2) is 0 Å². The third kappa shape index (κ3) is 3.19. The molecule has 1 atom stereocenters. The van der Waals surface area contributed by atoms with Gasteiger partial charge in [0.15, 0.2) is 0 Å². The number of Topliss-reactive ketones (excluding diaryl/α,β-unsaturated/α-hetero) is 1. The van der Waals surface area contributed by atoms with Crippen LogP contribution in [0.3, 0.4) is 0 Å². The van der Waals surface area contributed by atoms with Gasteiger partial charge in [0.25, 0.3) is 0 Å². The van der Waals surface area contributed by atoms with Crippen molar-refractivity contribution in [3.63, 3.8) is 0 Å². The van der Waals surface area contributed by atoms with E-state index in [9.17, 15) is 9.59 Å². The first-order chi connectivity index (χ1) is 7.54. The van der Waals surface area contributed by atoms with Crippen LogP contribution in [0.2, 0.25) is 0 Å². The second-order valence-corrected chi connectivity index (χ2v) is 4.22. The molecular weight excluding hydrogens is 204 g/mol. The molecule has 0 aliphatic rings. The van der Waals surface area contributed by atoms with E-state index in [1.807, 2.05) is 13.8 Å². The lowest BCUT2D eigenvalue weighted by molar-refractivity contribution is -0.128. The summed E-state index contributed by atoms with van der Waals surface area (Å²) in [5.74, 6) is -0.404. The molecule has 0 aromatic heterocycles. The molecule has 1 unspecified atom stereocenters. The van der Waals surface area contributed by atoms with E-state index in [1.165, 1.54) is 12.1 Å². The smallest absolute Gasteiger partial charge is 0.147 e. The molecule has 0 amide bonds. The minimum Gasteiger partial charge on any atom is -0.508 e. The number of ketones is 1. The monoisotopic (exact) mass is 220 g/mol. The normalized spacial score (nSPS) is 12.4. The second-order valence-electron chi connectivity index (χ2n) is 4.22. The largest absolute Gasteiger partial charge is 0.508 e. The summed E-state index contributed by atoms with van der Waals surface area (Å²) < 4.78 is 0. The fourth-order valence-corrected chi connectivity index (χ4v) is 1.54. The highest BCUT2D eigenvalue weighted by Crippen LogP contribution is 2.15. The van der Waals surface area contributed by atoms with E-state index in [2.05, 4.69) is 0 Å². The van der Waals surface area contributed by atoms with E-state index in [0.29, 0.717) is 6.29 Å². The summed E-state index contributed by atoms with van der Waals surface area (Å²) in [6.45, 7) is 3.71. The minimum absolute atomic E-state index is 0.0297. The molecule has 0 heterocycles. The maximum Gasteiger partial charge on any atom is 0.147 e. The Labute approximate surface area is 95.1 Å². The molecule has 0 saturated carbocycles. The molecule has 1 aromatic rings. The SMILES string of the molecule is CC(C)C(C=O)C(=O)Cc1ccc(O)cc1. The number of carbonyl (C=O) groups is 2. The summed E-state index contributed by atoms with van der Waals surface area (Å²) in [6.07, 6.45) is 0.954. The molecule has 3 nitrogen and oxygen atoms in total. The molecule has 0 aliphatic heterocycles. The van der Waals surface area contributed by atoms with Gasteiger partial charge < -0.3 is 9.90 Å². The minimum atomic E-state index is -0.534. The molecule has 0 fully saturated rings. The van der Waals surface area contributed by atoms with Gasteiger partial charge in [-0.2, -0.15) is 0 Å². The molecule has 16 heavy (non-hydrogen) atoms. The van der Waals surface area contributed by atoms with Crippen molar-refractivity contribution >= 4 is 12.1 Å². The molecule has 1 aromatic carbocycles. The van der Waals surface area contributed by atoms with Crippen molar-refractivity contribution in [2.24, 2.45) is 11.8 Å². The first-order valence-corrected chi connectivity index (χ1v) is 5.30. The zero-order valence-electron chi connectivity index (χ0n) is 9.51. The molecular formula is C13H16O3. The van der Waals surface area contributed by atoms with Crippen LogP contribution in [0, 0.1) is 11.8 Å². The van der Waals surface area contributed by atoms with Crippen LogP contribution in [-0.4, -0.2) is 17.2 Å². The lowest BCUT2D eigenvalue weighted by atomic mass is 9.90. The average molecular weight is 220 g/mol. The van der Waals surface area contributed by atoms with Crippen molar-refractivity contribution in [1.82, 2.24) is 0 Å². The summed E-state index contributed by atoms with van der Waals surface area (Å²) in [6, 6.07) is 6.45. The Morgan fingerprint density at radius 2 is 1.88 bits per heavy atom. The number of phenolic OH excluding ortho intramolecular Hbond substituents is 1. The van der Waals surface area contributed by atoms with Crippen molar-refractivity contribution in [2.45, 2.75) is 20.3 Å². The average Bonchev–Trinajstić information content (AvgIpc) is 2.22. The number of benzene rings is 1. The van der Waals surface area contributed by atoms with Crippen LogP contribution in [0.1, 0.15) is 19.4 Å². The van der Waals surface area contributed by atoms with Gasteiger partial charge in [0.2, 0.25) is 0 Å². The molecule has 1 rings (SSSR count). The maximum absolute atomic E-state index is 11.8. The number of phenols is 1. The third-order valence-electron chi connectivity index (χ3n) is 2.55. The summed E-state index contributed by atoms with van der Waals surface area (Å²) in [5.41, 5.74) is 0.815. The van der Waals surface area contributed by atoms with Gasteiger partial charge in [0.05, 0.1) is 5.92 Å². The Morgan fingerprint density at radius 1 is 1.31 bits per heavy atom. The molecule has 0 bridgehead atoms. The van der Waals surface area contributed by atoms with Crippen molar-refractivity contribution in [3.05, 3.63) is 29.8 Å². The highest BCUT2D eigenvalue weighted by atomic mass is 16.3. The molecule has 0 aliphatic carbocycles. The first-order valence-electron chi connectivity index (χ1n) is 5.30. The van der Waals surface area contributed by atoms with E-state index in [1.54, 1.807) is 12.1 Å². The van der Waals surface area contributed by atoms with Crippen molar-refractivity contribution < 1.29 is 14.7 Å². The van der Waals surface area contributed by atoms with E-state index in [0.717, 1.165) is 5.56 Å². The molecule has 0 radical (unpaired) electrons. The number of aldehydes is 1. The molecule has 1 N–H and O–H groups in total. The highest BCUT2D eigenvalue weighted by molar-refractivity contribution is 5.94. The van der Waals surface area contributed by atoms with Crippen LogP contribution in [0.25, 0.3) is 0 Å². The Hall–Kier alpha value is -1.64. The summed E-state index contributed by atoms with van der Waals surface area (Å²) in [4.78, 5) is 22.5. The number of aromatic hydroxyl groups is 1. The van der Waals surface area contributed by atoms with Crippen molar-refractivity contribution in [3.8, 4) is 5.75 Å². The van der Waals surface area contributed by atoms with Crippen LogP contribution in [0.4, 0.5) is 0 Å². The summed E-state index contributed by atoms with van der Waals surface area (Å²) >= 11 is 0. The predicted octanol–water partition coefficient (Wildman–Crippen LogP) is 1.97. The van der Waals surface area contributed by atoms with E-state index in [-0.39, 0.29) is 23.9 Å². The zero-order chi connectivity index (χ0) is 12.1. The van der Waals surface area contributed by atoms with Gasteiger partial charge in [-0.05, 0) is 23.6 Å². The fraction of sp³-hybridized carbons (Fsp3) is 0.385. The molecule has 86 valence electrons. The Balaban J connectivity index is 2.70. The summed E-state index contributed by atoms with van der Waals surface area (Å²) in [5, 5.41) is 9.09. The quantitative estimate of drug-likeness (QED) is 0.609. The Kier molecular flexibility index (Phi) is 4.23. The van der Waals surface area contributed by atoms with Crippen molar-refractivity contribution in [2.75, 3.05) is 0 Å². The predicted molar refractivity (Wildman–Crippen MR) is 61.2 cm³/mol. The second kappa shape index (κ2) is 5.45. The van der Waals surface area contributed by atoms with Gasteiger partial charge in [-0.1, -0.05) is 26.0 Å². The van der Waals surface area contributed by atoms with Crippen LogP contribution >= 0.6 is 0 Å². The van der Waals surface area contributed by atoms with E-state index in [4.69, 9.17) is 5.11 Å². The Morgan fingerprint density at radius 3 is 2.31 bits per heavy atom. The first kappa shape index (κ1) is 12.4. The third-order valence-corrected chi connectivity index (χ3v) is 2.55. The van der Waals surface area contributed by atoms with E-state index < -0.39 is 5.92 Å². The highest BCUT2D eigenvalue weighted by Gasteiger charge is 2.21. The Bertz CT molecular complexity index is 365. The van der Waals surface area contributed by atoms with Crippen molar-refractivity contribution in [1.29, 1.82) is 0 Å². The number of hydrogen-bond donors (Lipinski definition) is 1. The summed E-state index contributed by atoms with van der Waals surface area (Å²) in [7, 11) is 0. The van der Waals surface area contributed by atoms with Crippen LogP contribution in [-0.2, 0) is 16.0 Å². The van der Waals surface area contributed by atoms with Gasteiger partial charge >= 0.3 is 0 Å². The number of rotatable bonds is 5. The van der Waals surface area contributed by atoms with Gasteiger partial charge in [-0.15, -0.1) is 0 Å². The number of carbonyl (C=O) groups excluding carboxylic acids is 2. The molecule has 3 heteroatoms. The van der Waals surface area contributed by atoms with Gasteiger partial charge in [0.1, 0.15) is 17.8 Å². The fourth-order valence-electron chi connectivity index (χ4n) is 1.54.